The quantitative estimate of drug-likeness (QED) is 0.672. The summed E-state index contributed by atoms with van der Waals surface area (Å²) in [6, 6.07) is 10.4. The van der Waals surface area contributed by atoms with Crippen molar-refractivity contribution in [2.45, 2.75) is 13.5 Å². The van der Waals surface area contributed by atoms with E-state index in [1.54, 1.807) is 0 Å². The monoisotopic (exact) mass is 137 g/mol. The predicted octanol–water partition coefficient (Wildman–Crippen LogP) is 2.04. The zero-order valence-corrected chi connectivity index (χ0v) is 6.30. The summed E-state index contributed by atoms with van der Waals surface area (Å²) >= 11 is 0. The maximum absolute atomic E-state index is 3.26. The van der Waals surface area contributed by atoms with Crippen LogP contribution in [0, 0.1) is 0 Å². The molecule has 1 heteroatoms. The number of benzene rings is 1. The Labute approximate surface area is 63.6 Å². The molecule has 1 N–H and O–H groups in total. The molecule has 0 saturated heterocycles. The van der Waals surface area contributed by atoms with Gasteiger partial charge in [0.15, 0.2) is 0 Å². The van der Waals surface area contributed by atoms with Crippen molar-refractivity contribution >= 4 is 0 Å². The Morgan fingerprint density at radius 1 is 1.30 bits per heavy atom. The fourth-order valence-electron chi connectivity index (χ4n) is 0.865. The van der Waals surface area contributed by atoms with Crippen LogP contribution in [0.2, 0.25) is 0 Å². The first kappa shape index (κ1) is 7.29. The van der Waals surface area contributed by atoms with Crippen molar-refractivity contribution in [1.29, 1.82) is 0 Å². The van der Waals surface area contributed by atoms with Crippen molar-refractivity contribution in [2.24, 2.45) is 0 Å². The molecule has 0 spiro atoms. The van der Waals surface area contributed by atoms with Crippen LogP contribution in [0.25, 0.3) is 0 Å². The lowest BCUT2D eigenvalue weighted by atomic mass is 10.2. The molecule has 0 aliphatic carbocycles. The summed E-state index contributed by atoms with van der Waals surface area (Å²) in [5.74, 6) is 0. The summed E-state index contributed by atoms with van der Waals surface area (Å²) in [7, 11) is 0. The van der Waals surface area contributed by atoms with Gasteiger partial charge in [0.1, 0.15) is 0 Å². The Balaban J connectivity index is 0.000001000. The van der Waals surface area contributed by atoms with Crippen molar-refractivity contribution in [3.8, 4) is 0 Å². The third-order valence-electron chi connectivity index (χ3n) is 1.42. The minimum atomic E-state index is 0. The minimum Gasteiger partial charge on any atom is -0.313 e. The summed E-state index contributed by atoms with van der Waals surface area (Å²) in [6.45, 7) is 4.13. The molecule has 1 aromatic rings. The van der Waals surface area contributed by atoms with Crippen LogP contribution in [0.15, 0.2) is 30.3 Å². The first-order chi connectivity index (χ1) is 4.93. The van der Waals surface area contributed by atoms with Gasteiger partial charge in [-0.05, 0) is 12.1 Å². The van der Waals surface area contributed by atoms with Crippen molar-refractivity contribution in [2.75, 3.05) is 6.54 Å². The van der Waals surface area contributed by atoms with E-state index in [0.717, 1.165) is 13.1 Å². The van der Waals surface area contributed by atoms with Crippen LogP contribution in [0.5, 0.6) is 0 Å². The van der Waals surface area contributed by atoms with Crippen LogP contribution in [0.1, 0.15) is 13.9 Å². The van der Waals surface area contributed by atoms with E-state index in [1.807, 2.05) is 6.07 Å². The van der Waals surface area contributed by atoms with Crippen molar-refractivity contribution in [3.05, 3.63) is 35.9 Å². The molecule has 10 heavy (non-hydrogen) atoms. The van der Waals surface area contributed by atoms with Gasteiger partial charge in [-0.15, -0.1) is 0 Å². The van der Waals surface area contributed by atoms with Gasteiger partial charge in [0.2, 0.25) is 0 Å². The third kappa shape index (κ3) is 2.19. The van der Waals surface area contributed by atoms with Gasteiger partial charge in [0.25, 0.3) is 0 Å². The van der Waals surface area contributed by atoms with Gasteiger partial charge in [-0.2, -0.15) is 0 Å². The van der Waals surface area contributed by atoms with Crippen LogP contribution in [-0.2, 0) is 6.54 Å². The van der Waals surface area contributed by atoms with Gasteiger partial charge >= 0.3 is 0 Å². The lowest BCUT2D eigenvalue weighted by Crippen LogP contribution is -2.11. The maximum Gasteiger partial charge on any atom is 0.0205 e. The number of rotatable bonds is 3. The molecule has 0 aromatic heterocycles. The SMILES string of the molecule is CCNCc1ccccc1.[HH]. The second-order valence-corrected chi connectivity index (χ2v) is 2.27. The van der Waals surface area contributed by atoms with Crippen molar-refractivity contribution in [3.63, 3.8) is 0 Å². The average Bonchev–Trinajstić information content (AvgIpc) is 2.03. The van der Waals surface area contributed by atoms with E-state index in [0.29, 0.717) is 0 Å². The second-order valence-electron chi connectivity index (χ2n) is 2.27. The molecule has 1 aromatic carbocycles. The average molecular weight is 137 g/mol. The van der Waals surface area contributed by atoms with E-state index in [4.69, 9.17) is 0 Å². The maximum atomic E-state index is 3.26. The molecule has 0 radical (unpaired) electrons. The van der Waals surface area contributed by atoms with Crippen LogP contribution in [0.4, 0.5) is 0 Å². The molecular formula is C9H15N. The van der Waals surface area contributed by atoms with E-state index >= 15 is 0 Å². The Morgan fingerprint density at radius 3 is 2.60 bits per heavy atom. The highest BCUT2D eigenvalue weighted by atomic mass is 14.8. The van der Waals surface area contributed by atoms with Crippen LogP contribution < -0.4 is 5.32 Å². The fourth-order valence-corrected chi connectivity index (χ4v) is 0.865. The molecule has 0 bridgehead atoms. The fraction of sp³-hybridized carbons (Fsp3) is 0.333. The van der Waals surface area contributed by atoms with Crippen molar-refractivity contribution < 1.29 is 1.43 Å². The van der Waals surface area contributed by atoms with Gasteiger partial charge in [0, 0.05) is 7.97 Å². The Kier molecular flexibility index (Phi) is 2.97. The number of hydrogen-bond acceptors (Lipinski definition) is 1. The van der Waals surface area contributed by atoms with Crippen LogP contribution in [0.3, 0.4) is 0 Å². The van der Waals surface area contributed by atoms with Crippen molar-refractivity contribution in [1.82, 2.24) is 5.32 Å². The van der Waals surface area contributed by atoms with E-state index < -0.39 is 0 Å². The summed E-state index contributed by atoms with van der Waals surface area (Å²) in [4.78, 5) is 0. The highest BCUT2D eigenvalue weighted by Gasteiger charge is 1.85. The van der Waals surface area contributed by atoms with Gasteiger partial charge in [0.05, 0.1) is 0 Å². The minimum absolute atomic E-state index is 0. The molecule has 0 heterocycles. The number of nitrogens with one attached hydrogen (secondary N) is 1. The highest BCUT2D eigenvalue weighted by molar-refractivity contribution is 5.14. The molecule has 0 aliphatic heterocycles. The Morgan fingerprint density at radius 2 is 2.00 bits per heavy atom. The number of hydrogen-bond donors (Lipinski definition) is 1. The molecule has 1 rings (SSSR count). The molecule has 0 saturated carbocycles. The Bertz CT molecular complexity index is 174. The predicted molar refractivity (Wildman–Crippen MR) is 45.9 cm³/mol. The molecule has 0 fully saturated rings. The second kappa shape index (κ2) is 4.07. The molecule has 56 valence electrons. The van der Waals surface area contributed by atoms with E-state index in [2.05, 4.69) is 36.5 Å². The van der Waals surface area contributed by atoms with Gasteiger partial charge in [-0.25, -0.2) is 0 Å². The summed E-state index contributed by atoms with van der Waals surface area (Å²) < 4.78 is 0. The molecule has 0 aliphatic rings. The van der Waals surface area contributed by atoms with E-state index in [1.165, 1.54) is 5.56 Å². The lowest BCUT2D eigenvalue weighted by molar-refractivity contribution is 0.727. The highest BCUT2D eigenvalue weighted by Crippen LogP contribution is 1.96. The Hall–Kier alpha value is -0.820. The summed E-state index contributed by atoms with van der Waals surface area (Å²) in [6.07, 6.45) is 0. The van der Waals surface area contributed by atoms with Gasteiger partial charge in [-0.3, -0.25) is 0 Å². The smallest absolute Gasteiger partial charge is 0.0205 e. The lowest BCUT2D eigenvalue weighted by Gasteiger charge is -1.99. The molecule has 0 unspecified atom stereocenters. The normalized spacial score (nSPS) is 9.70. The third-order valence-corrected chi connectivity index (χ3v) is 1.42. The first-order valence-electron chi connectivity index (χ1n) is 3.68. The molecule has 0 amide bonds. The molecule has 1 nitrogen and oxygen atoms in total. The van der Waals surface area contributed by atoms with Crippen LogP contribution >= 0.6 is 0 Å². The summed E-state index contributed by atoms with van der Waals surface area (Å²) in [5.41, 5.74) is 1.35. The largest absolute Gasteiger partial charge is 0.313 e. The zero-order chi connectivity index (χ0) is 7.23. The van der Waals surface area contributed by atoms with Gasteiger partial charge < -0.3 is 5.32 Å². The topological polar surface area (TPSA) is 12.0 Å². The zero-order valence-electron chi connectivity index (χ0n) is 6.30. The summed E-state index contributed by atoms with van der Waals surface area (Å²) in [5, 5.41) is 3.26. The van der Waals surface area contributed by atoms with E-state index in [-0.39, 0.29) is 1.43 Å². The van der Waals surface area contributed by atoms with E-state index in [9.17, 15) is 0 Å². The standard InChI is InChI=1S/C9H13N.H2/c1-2-10-8-9-6-4-3-5-7-9;/h3-7,10H,2,8H2,1H3;1H. The molecule has 0 atom stereocenters. The van der Waals surface area contributed by atoms with Crippen LogP contribution in [-0.4, -0.2) is 6.54 Å². The van der Waals surface area contributed by atoms with Gasteiger partial charge in [-0.1, -0.05) is 37.3 Å². The molecular weight excluding hydrogens is 122 g/mol. The first-order valence-corrected chi connectivity index (χ1v) is 3.68.